The van der Waals surface area contributed by atoms with E-state index < -0.39 is 10.0 Å². The summed E-state index contributed by atoms with van der Waals surface area (Å²) in [7, 11) is -3.25. The number of amides is 1. The third-order valence-electron chi connectivity index (χ3n) is 5.44. The van der Waals surface area contributed by atoms with Crippen molar-refractivity contribution in [3.8, 4) is 10.6 Å². The maximum atomic E-state index is 13.5. The Bertz CT molecular complexity index is 1220. The van der Waals surface area contributed by atoms with E-state index in [-0.39, 0.29) is 18.0 Å². The van der Waals surface area contributed by atoms with E-state index in [0.29, 0.717) is 37.1 Å². The van der Waals surface area contributed by atoms with Crippen LogP contribution in [0, 0.1) is 6.92 Å². The molecule has 166 valence electrons. The lowest BCUT2D eigenvalue weighted by atomic mass is 10.0. The molecule has 4 rings (SSSR count). The van der Waals surface area contributed by atoms with Crippen molar-refractivity contribution in [1.82, 2.24) is 24.4 Å². The van der Waals surface area contributed by atoms with Crippen molar-refractivity contribution in [2.24, 2.45) is 0 Å². The van der Waals surface area contributed by atoms with Gasteiger partial charge in [-0.1, -0.05) is 0 Å². The summed E-state index contributed by atoms with van der Waals surface area (Å²) >= 11 is 1.65. The van der Waals surface area contributed by atoms with Crippen LogP contribution in [-0.2, 0) is 10.0 Å². The van der Waals surface area contributed by atoms with Crippen LogP contribution < -0.4 is 4.72 Å². The molecule has 1 N–H and O–H groups in total. The Morgan fingerprint density at radius 1 is 1.26 bits per heavy atom. The van der Waals surface area contributed by atoms with E-state index >= 15 is 0 Å². The molecule has 0 saturated carbocycles. The largest absolute Gasteiger partial charge is 0.339 e. The van der Waals surface area contributed by atoms with Crippen molar-refractivity contribution < 1.29 is 13.2 Å². The molecule has 31 heavy (non-hydrogen) atoms. The maximum Gasteiger partial charge on any atom is 0.254 e. The monoisotopic (exact) mass is 461 g/mol. The number of piperidine rings is 1. The highest BCUT2D eigenvalue weighted by atomic mass is 32.2. The summed E-state index contributed by atoms with van der Waals surface area (Å²) in [6.45, 7) is 7.13. The first-order valence-corrected chi connectivity index (χ1v) is 13.0. The van der Waals surface area contributed by atoms with Crippen LogP contribution in [0.1, 0.15) is 48.0 Å². The average Bonchev–Trinajstić information content (AvgIpc) is 3.32. The smallest absolute Gasteiger partial charge is 0.254 e. The van der Waals surface area contributed by atoms with Gasteiger partial charge in [-0.15, -0.1) is 11.3 Å². The van der Waals surface area contributed by atoms with Crippen molar-refractivity contribution >= 4 is 38.3 Å². The van der Waals surface area contributed by atoms with E-state index in [2.05, 4.69) is 9.82 Å². The molecule has 10 heteroatoms. The number of rotatable bonds is 5. The molecule has 4 heterocycles. The van der Waals surface area contributed by atoms with E-state index in [9.17, 15) is 13.2 Å². The highest BCUT2D eigenvalue weighted by Crippen LogP contribution is 2.31. The van der Waals surface area contributed by atoms with Gasteiger partial charge in [0.25, 0.3) is 5.91 Å². The highest BCUT2D eigenvalue weighted by molar-refractivity contribution is 7.88. The van der Waals surface area contributed by atoms with Gasteiger partial charge in [-0.05, 0) is 51.8 Å². The van der Waals surface area contributed by atoms with Gasteiger partial charge in [0.15, 0.2) is 5.65 Å². The minimum Gasteiger partial charge on any atom is -0.339 e. The normalized spacial score (nSPS) is 15.8. The number of hydrogen-bond donors (Lipinski definition) is 1. The molecule has 3 aromatic rings. The molecule has 3 aromatic heterocycles. The number of nitrogens with zero attached hydrogens (tertiary/aromatic N) is 4. The molecule has 0 atom stereocenters. The molecule has 0 bridgehead atoms. The summed E-state index contributed by atoms with van der Waals surface area (Å²) in [5, 5.41) is 5.23. The second kappa shape index (κ2) is 8.33. The van der Waals surface area contributed by atoms with E-state index in [0.717, 1.165) is 16.0 Å². The van der Waals surface area contributed by atoms with Gasteiger partial charge < -0.3 is 4.90 Å². The number of pyridine rings is 1. The van der Waals surface area contributed by atoms with Crippen molar-refractivity contribution in [1.29, 1.82) is 0 Å². The fraction of sp³-hybridized carbons (Fsp3) is 0.476. The zero-order chi connectivity index (χ0) is 22.3. The third kappa shape index (κ3) is 4.65. The number of likely N-dealkylation sites (tertiary alicyclic amines) is 1. The predicted octanol–water partition coefficient (Wildman–Crippen LogP) is 3.20. The van der Waals surface area contributed by atoms with E-state index in [1.807, 2.05) is 43.7 Å². The molecule has 8 nitrogen and oxygen atoms in total. The number of nitrogens with one attached hydrogen (secondary N) is 1. The zero-order valence-corrected chi connectivity index (χ0v) is 19.8. The molecule has 1 aliphatic rings. The Morgan fingerprint density at radius 3 is 2.55 bits per heavy atom. The Kier molecular flexibility index (Phi) is 5.89. The Hall–Kier alpha value is -2.30. The summed E-state index contributed by atoms with van der Waals surface area (Å²) in [4.78, 5) is 22.3. The van der Waals surface area contributed by atoms with Crippen LogP contribution >= 0.6 is 11.3 Å². The molecule has 1 amide bonds. The molecular formula is C21H27N5O3S2. The Balaban J connectivity index is 1.69. The first-order chi connectivity index (χ1) is 14.6. The SMILES string of the molecule is Cc1ccc(-c2cc(C(=O)N3CCC(NS(C)(=O)=O)CC3)c3cnn(C(C)C)c3n2)s1. The molecule has 1 aliphatic heterocycles. The second-order valence-corrected chi connectivity index (χ2v) is 11.4. The minimum atomic E-state index is -3.25. The molecule has 0 aromatic carbocycles. The number of aromatic nitrogens is 3. The quantitative estimate of drug-likeness (QED) is 0.629. The summed E-state index contributed by atoms with van der Waals surface area (Å²) in [6.07, 6.45) is 4.07. The van der Waals surface area contributed by atoms with Crippen molar-refractivity contribution in [2.75, 3.05) is 19.3 Å². The second-order valence-electron chi connectivity index (χ2n) is 8.34. The molecular weight excluding hydrogens is 434 g/mol. The summed E-state index contributed by atoms with van der Waals surface area (Å²) in [5.41, 5.74) is 2.06. The minimum absolute atomic E-state index is 0.0666. The fourth-order valence-corrected chi connectivity index (χ4v) is 5.61. The van der Waals surface area contributed by atoms with Gasteiger partial charge in [-0.25, -0.2) is 22.8 Å². The topological polar surface area (TPSA) is 97.2 Å². The molecule has 0 unspecified atom stereocenters. The number of aryl methyl sites for hydroxylation is 1. The molecule has 1 fully saturated rings. The number of sulfonamides is 1. The van der Waals surface area contributed by atoms with E-state index in [4.69, 9.17) is 4.98 Å². The first kappa shape index (κ1) is 21.9. The van der Waals surface area contributed by atoms with E-state index in [1.54, 1.807) is 22.4 Å². The lowest BCUT2D eigenvalue weighted by Crippen LogP contribution is -2.46. The van der Waals surface area contributed by atoms with Gasteiger partial charge >= 0.3 is 0 Å². The summed E-state index contributed by atoms with van der Waals surface area (Å²) in [6, 6.07) is 5.92. The number of carbonyl (C=O) groups excluding carboxylic acids is 1. The van der Waals surface area contributed by atoms with Gasteiger partial charge in [0.05, 0.1) is 34.0 Å². The van der Waals surface area contributed by atoms with Gasteiger partial charge in [-0.2, -0.15) is 5.10 Å². The molecule has 0 radical (unpaired) electrons. The van der Waals surface area contributed by atoms with Crippen LogP contribution in [0.4, 0.5) is 0 Å². The van der Waals surface area contributed by atoms with Crippen LogP contribution in [0.15, 0.2) is 24.4 Å². The highest BCUT2D eigenvalue weighted by Gasteiger charge is 2.28. The number of carbonyl (C=O) groups is 1. The third-order valence-corrected chi connectivity index (χ3v) is 7.23. The molecule has 0 aliphatic carbocycles. The van der Waals surface area contributed by atoms with Gasteiger partial charge in [0.2, 0.25) is 10.0 Å². The van der Waals surface area contributed by atoms with Crippen LogP contribution in [0.25, 0.3) is 21.6 Å². The summed E-state index contributed by atoms with van der Waals surface area (Å²) in [5.74, 6) is -0.0666. The number of hydrogen-bond acceptors (Lipinski definition) is 6. The Morgan fingerprint density at radius 2 is 1.97 bits per heavy atom. The summed E-state index contributed by atoms with van der Waals surface area (Å²) < 4.78 is 27.5. The van der Waals surface area contributed by atoms with Gasteiger partial charge in [-0.3, -0.25) is 4.79 Å². The van der Waals surface area contributed by atoms with Crippen LogP contribution in [-0.4, -0.2) is 59.4 Å². The van der Waals surface area contributed by atoms with Crippen molar-refractivity contribution in [2.45, 2.75) is 45.7 Å². The van der Waals surface area contributed by atoms with Crippen LogP contribution in [0.2, 0.25) is 0 Å². The van der Waals surface area contributed by atoms with Crippen LogP contribution in [0.5, 0.6) is 0 Å². The molecule has 0 spiro atoms. The Labute approximate surface area is 186 Å². The number of thiophene rings is 1. The van der Waals surface area contributed by atoms with Gasteiger partial charge in [0, 0.05) is 30.1 Å². The average molecular weight is 462 g/mol. The van der Waals surface area contributed by atoms with Crippen molar-refractivity contribution in [3.05, 3.63) is 34.8 Å². The van der Waals surface area contributed by atoms with Crippen molar-refractivity contribution in [3.63, 3.8) is 0 Å². The lowest BCUT2D eigenvalue weighted by Gasteiger charge is -2.32. The van der Waals surface area contributed by atoms with Gasteiger partial charge in [0.1, 0.15) is 0 Å². The fourth-order valence-electron chi connectivity index (χ4n) is 3.94. The predicted molar refractivity (Wildman–Crippen MR) is 123 cm³/mol. The van der Waals surface area contributed by atoms with Crippen LogP contribution in [0.3, 0.4) is 0 Å². The number of fused-ring (bicyclic) bond motifs is 1. The first-order valence-electron chi connectivity index (χ1n) is 10.3. The standard InChI is InChI=1S/C21H27N5O3S2/c1-13(2)26-20-17(12-22-26)16(11-18(23-20)19-6-5-14(3)30-19)21(27)25-9-7-15(8-10-25)24-31(4,28)29/h5-6,11-13,15,24H,7-10H2,1-4H3. The maximum absolute atomic E-state index is 13.5. The van der Waals surface area contributed by atoms with E-state index in [1.165, 1.54) is 11.1 Å². The zero-order valence-electron chi connectivity index (χ0n) is 18.1. The lowest BCUT2D eigenvalue weighted by molar-refractivity contribution is 0.0713. The molecule has 1 saturated heterocycles.